The van der Waals surface area contributed by atoms with Crippen molar-refractivity contribution in [1.82, 2.24) is 14.9 Å². The second-order valence-corrected chi connectivity index (χ2v) is 5.80. The summed E-state index contributed by atoms with van der Waals surface area (Å²) in [4.78, 5) is 4.01. The molecule has 0 spiro atoms. The average Bonchev–Trinajstić information content (AvgIpc) is 2.94. The van der Waals surface area contributed by atoms with Gasteiger partial charge in [-0.15, -0.1) is 0 Å². The lowest BCUT2D eigenvalue weighted by atomic mass is 10.1. The maximum Gasteiger partial charge on any atom is 0.125 e. The minimum absolute atomic E-state index is 0.591. The van der Waals surface area contributed by atoms with E-state index in [1.54, 1.807) is 12.5 Å². The van der Waals surface area contributed by atoms with E-state index in [2.05, 4.69) is 24.1 Å². The van der Waals surface area contributed by atoms with E-state index in [-0.39, 0.29) is 0 Å². The smallest absolute Gasteiger partial charge is 0.125 e. The third-order valence-electron chi connectivity index (χ3n) is 3.10. The number of nitrogens with one attached hydrogen (secondary N) is 1. The van der Waals surface area contributed by atoms with E-state index in [9.17, 15) is 0 Å². The Kier molecular flexibility index (Phi) is 6.08. The molecule has 1 aromatic carbocycles. The van der Waals surface area contributed by atoms with Crippen LogP contribution in [0.25, 0.3) is 0 Å². The van der Waals surface area contributed by atoms with Crippen molar-refractivity contribution in [1.29, 1.82) is 0 Å². The lowest BCUT2D eigenvalue weighted by molar-refractivity contribution is 0.294. The van der Waals surface area contributed by atoms with Crippen molar-refractivity contribution in [2.75, 3.05) is 13.2 Å². The van der Waals surface area contributed by atoms with Crippen molar-refractivity contribution in [3.8, 4) is 5.75 Å². The van der Waals surface area contributed by atoms with Gasteiger partial charge in [0.1, 0.15) is 12.4 Å². The molecule has 0 radical (unpaired) electrons. The Labute approximate surface area is 131 Å². The first kappa shape index (κ1) is 15.9. The standard InChI is InChI=1S/C16H22ClN3O/c1-13(2)10-19-11-14-15(17)4-3-5-16(14)21-9-8-20-7-6-18-12-20/h3-7,12-13,19H,8-11H2,1-2H3. The summed E-state index contributed by atoms with van der Waals surface area (Å²) in [6.07, 6.45) is 5.47. The highest BCUT2D eigenvalue weighted by molar-refractivity contribution is 6.31. The van der Waals surface area contributed by atoms with Gasteiger partial charge in [0, 0.05) is 29.5 Å². The zero-order valence-electron chi connectivity index (χ0n) is 12.6. The second kappa shape index (κ2) is 8.05. The molecule has 0 aliphatic heterocycles. The van der Waals surface area contributed by atoms with Gasteiger partial charge in [0.15, 0.2) is 0 Å². The van der Waals surface area contributed by atoms with Crippen LogP contribution >= 0.6 is 11.6 Å². The topological polar surface area (TPSA) is 39.1 Å². The molecular formula is C16H22ClN3O. The first-order valence-electron chi connectivity index (χ1n) is 7.23. The van der Waals surface area contributed by atoms with Crippen LogP contribution in [0.15, 0.2) is 36.9 Å². The van der Waals surface area contributed by atoms with E-state index < -0.39 is 0 Å². The first-order valence-corrected chi connectivity index (χ1v) is 7.61. The van der Waals surface area contributed by atoms with Gasteiger partial charge >= 0.3 is 0 Å². The Balaban J connectivity index is 1.92. The molecule has 0 saturated carbocycles. The molecule has 0 atom stereocenters. The molecular weight excluding hydrogens is 286 g/mol. The predicted octanol–water partition coefficient (Wildman–Crippen LogP) is 3.36. The number of nitrogens with zero attached hydrogens (tertiary/aromatic N) is 2. The lowest BCUT2D eigenvalue weighted by Crippen LogP contribution is -2.20. The van der Waals surface area contributed by atoms with Crippen molar-refractivity contribution in [3.63, 3.8) is 0 Å². The summed E-state index contributed by atoms with van der Waals surface area (Å²) in [6, 6.07) is 5.78. The zero-order valence-corrected chi connectivity index (χ0v) is 13.3. The molecule has 5 heteroatoms. The second-order valence-electron chi connectivity index (χ2n) is 5.39. The van der Waals surface area contributed by atoms with Gasteiger partial charge in [-0.2, -0.15) is 0 Å². The number of hydrogen-bond donors (Lipinski definition) is 1. The van der Waals surface area contributed by atoms with Gasteiger partial charge in [-0.1, -0.05) is 31.5 Å². The average molecular weight is 308 g/mol. The Hall–Kier alpha value is -1.52. The fourth-order valence-electron chi connectivity index (χ4n) is 2.01. The molecule has 0 aliphatic carbocycles. The van der Waals surface area contributed by atoms with Gasteiger partial charge in [0.25, 0.3) is 0 Å². The summed E-state index contributed by atoms with van der Waals surface area (Å²) in [5, 5.41) is 4.15. The van der Waals surface area contributed by atoms with Crippen LogP contribution in [-0.4, -0.2) is 22.7 Å². The van der Waals surface area contributed by atoms with E-state index in [4.69, 9.17) is 16.3 Å². The number of hydrogen-bond acceptors (Lipinski definition) is 3. The van der Waals surface area contributed by atoms with Crippen LogP contribution in [0.4, 0.5) is 0 Å². The van der Waals surface area contributed by atoms with E-state index in [0.717, 1.165) is 36.0 Å². The minimum Gasteiger partial charge on any atom is -0.491 e. The molecule has 0 unspecified atom stereocenters. The highest BCUT2D eigenvalue weighted by Gasteiger charge is 2.08. The maximum atomic E-state index is 6.29. The van der Waals surface area contributed by atoms with Crippen LogP contribution in [0.2, 0.25) is 5.02 Å². The largest absolute Gasteiger partial charge is 0.491 e. The third kappa shape index (κ3) is 5.06. The highest BCUT2D eigenvalue weighted by Crippen LogP contribution is 2.26. The number of benzene rings is 1. The van der Waals surface area contributed by atoms with E-state index >= 15 is 0 Å². The van der Waals surface area contributed by atoms with Gasteiger partial charge < -0.3 is 14.6 Å². The van der Waals surface area contributed by atoms with Crippen molar-refractivity contribution < 1.29 is 4.74 Å². The van der Waals surface area contributed by atoms with Crippen molar-refractivity contribution in [2.24, 2.45) is 5.92 Å². The Bertz CT molecular complexity index is 540. The summed E-state index contributed by atoms with van der Waals surface area (Å²) in [6.45, 7) is 7.40. The minimum atomic E-state index is 0.591. The van der Waals surface area contributed by atoms with E-state index in [0.29, 0.717) is 12.5 Å². The van der Waals surface area contributed by atoms with Crippen LogP contribution in [0.5, 0.6) is 5.75 Å². The molecule has 1 aromatic heterocycles. The molecule has 1 N–H and O–H groups in total. The molecule has 4 nitrogen and oxygen atoms in total. The summed E-state index contributed by atoms with van der Waals surface area (Å²) >= 11 is 6.29. The molecule has 1 heterocycles. The Morgan fingerprint density at radius 3 is 2.95 bits per heavy atom. The monoisotopic (exact) mass is 307 g/mol. The number of aromatic nitrogens is 2. The quantitative estimate of drug-likeness (QED) is 0.813. The number of ether oxygens (including phenoxy) is 1. The van der Waals surface area contributed by atoms with Gasteiger partial charge in [0.05, 0.1) is 12.9 Å². The van der Waals surface area contributed by atoms with Crippen LogP contribution in [0.3, 0.4) is 0 Å². The van der Waals surface area contributed by atoms with Gasteiger partial charge in [0.2, 0.25) is 0 Å². The van der Waals surface area contributed by atoms with Gasteiger partial charge in [-0.3, -0.25) is 0 Å². The van der Waals surface area contributed by atoms with E-state index in [1.165, 1.54) is 0 Å². The molecule has 114 valence electrons. The predicted molar refractivity (Wildman–Crippen MR) is 85.7 cm³/mol. The number of halogens is 1. The van der Waals surface area contributed by atoms with Crippen LogP contribution in [0, 0.1) is 5.92 Å². The first-order chi connectivity index (χ1) is 10.2. The molecule has 21 heavy (non-hydrogen) atoms. The SMILES string of the molecule is CC(C)CNCc1c(Cl)cccc1OCCn1ccnc1. The zero-order chi connectivity index (χ0) is 15.1. The van der Waals surface area contributed by atoms with Crippen molar-refractivity contribution >= 4 is 11.6 Å². The van der Waals surface area contributed by atoms with E-state index in [1.807, 2.05) is 29.0 Å². The fraction of sp³-hybridized carbons (Fsp3) is 0.438. The van der Waals surface area contributed by atoms with Gasteiger partial charge in [-0.25, -0.2) is 4.98 Å². The maximum absolute atomic E-state index is 6.29. The molecule has 0 fully saturated rings. The fourth-order valence-corrected chi connectivity index (χ4v) is 2.24. The van der Waals surface area contributed by atoms with Crippen LogP contribution < -0.4 is 10.1 Å². The molecule has 0 aliphatic rings. The summed E-state index contributed by atoms with van der Waals surface area (Å²) in [7, 11) is 0. The normalized spacial score (nSPS) is 11.0. The summed E-state index contributed by atoms with van der Waals surface area (Å²) in [5.74, 6) is 1.46. The third-order valence-corrected chi connectivity index (χ3v) is 3.45. The highest BCUT2D eigenvalue weighted by atomic mass is 35.5. The molecule has 2 rings (SSSR count). The molecule has 2 aromatic rings. The van der Waals surface area contributed by atoms with Gasteiger partial charge in [-0.05, 0) is 24.6 Å². The number of rotatable bonds is 8. The van der Waals surface area contributed by atoms with Crippen LogP contribution in [0.1, 0.15) is 19.4 Å². The van der Waals surface area contributed by atoms with Crippen LogP contribution in [-0.2, 0) is 13.1 Å². The Morgan fingerprint density at radius 2 is 2.24 bits per heavy atom. The Morgan fingerprint density at radius 1 is 1.38 bits per heavy atom. The number of imidazole rings is 1. The van der Waals surface area contributed by atoms with Crippen molar-refractivity contribution in [2.45, 2.75) is 26.9 Å². The lowest BCUT2D eigenvalue weighted by Gasteiger charge is -2.14. The molecule has 0 saturated heterocycles. The molecule has 0 bridgehead atoms. The van der Waals surface area contributed by atoms with Crippen molar-refractivity contribution in [3.05, 3.63) is 47.5 Å². The summed E-state index contributed by atoms with van der Waals surface area (Å²) in [5.41, 5.74) is 1.02. The summed E-state index contributed by atoms with van der Waals surface area (Å²) < 4.78 is 7.86. The molecule has 0 amide bonds.